The van der Waals surface area contributed by atoms with Crippen LogP contribution >= 0.6 is 0 Å². The van der Waals surface area contributed by atoms with E-state index in [1.54, 1.807) is 11.9 Å². The maximum atomic E-state index is 13.0. The molecule has 12 nitrogen and oxygen atoms in total. The minimum Gasteiger partial charge on any atom is -0.352 e. The number of fused-ring (bicyclic) bond motifs is 3. The summed E-state index contributed by atoms with van der Waals surface area (Å²) in [6.45, 7) is 11.9. The monoisotopic (exact) mass is 808 g/mol. The molecule has 7 rings (SSSR count). The molecular weight excluding hydrogens is 743 g/mol. The highest BCUT2D eigenvalue weighted by Crippen LogP contribution is 2.31. The Balaban J connectivity index is 0.000000216. The van der Waals surface area contributed by atoms with Crippen LogP contribution in [0, 0.1) is 5.41 Å². The largest absolute Gasteiger partial charge is 0.352 e. The van der Waals surface area contributed by atoms with Gasteiger partial charge in [-0.15, -0.1) is 0 Å². The molecule has 3 aromatic rings. The van der Waals surface area contributed by atoms with E-state index >= 15 is 0 Å². The van der Waals surface area contributed by atoms with Crippen molar-refractivity contribution < 1.29 is 24.0 Å². The van der Waals surface area contributed by atoms with E-state index in [1.807, 2.05) is 44.2 Å². The van der Waals surface area contributed by atoms with Gasteiger partial charge in [0.1, 0.15) is 0 Å². The molecule has 6 atom stereocenters. The summed E-state index contributed by atoms with van der Waals surface area (Å²) in [4.78, 5) is 60.4. The van der Waals surface area contributed by atoms with Crippen LogP contribution in [0.25, 0.3) is 0 Å². The Morgan fingerprint density at radius 3 is 2.14 bits per heavy atom. The molecule has 5 unspecified atom stereocenters. The Morgan fingerprint density at radius 2 is 1.51 bits per heavy atom. The summed E-state index contributed by atoms with van der Waals surface area (Å²) in [5, 5.41) is 18.2. The molecule has 0 bridgehead atoms. The first-order chi connectivity index (χ1) is 28.3. The highest BCUT2D eigenvalue weighted by atomic mass is 16.2. The molecule has 2 aliphatic carbocycles. The predicted molar refractivity (Wildman–Crippen MR) is 231 cm³/mol. The van der Waals surface area contributed by atoms with Crippen molar-refractivity contribution in [3.8, 4) is 0 Å². The summed E-state index contributed by atoms with van der Waals surface area (Å²) in [6.07, 6.45) is 9.50. The zero-order valence-electron chi connectivity index (χ0n) is 35.7. The smallest absolute Gasteiger partial charge is 0.251 e. The normalized spacial score (nSPS) is 22.2. The van der Waals surface area contributed by atoms with E-state index in [1.165, 1.54) is 34.2 Å². The summed E-state index contributed by atoms with van der Waals surface area (Å²) >= 11 is 0. The molecule has 12 heteroatoms. The van der Waals surface area contributed by atoms with Gasteiger partial charge in [-0.1, -0.05) is 75.4 Å². The van der Waals surface area contributed by atoms with Gasteiger partial charge >= 0.3 is 0 Å². The van der Waals surface area contributed by atoms with Crippen LogP contribution in [0.1, 0.15) is 123 Å². The number of amides is 5. The molecule has 3 aromatic carbocycles. The number of aryl methyl sites for hydroxylation is 2. The third-order valence-corrected chi connectivity index (χ3v) is 12.2. The second-order valence-electron chi connectivity index (χ2n) is 17.4. The number of carbonyl (C=O) groups is 5. The zero-order valence-corrected chi connectivity index (χ0v) is 35.7. The van der Waals surface area contributed by atoms with Crippen molar-refractivity contribution in [2.24, 2.45) is 5.41 Å². The van der Waals surface area contributed by atoms with Gasteiger partial charge in [0.15, 0.2) is 0 Å². The number of hydrogen-bond donors (Lipinski definition) is 6. The van der Waals surface area contributed by atoms with Crippen molar-refractivity contribution in [1.29, 1.82) is 0 Å². The van der Waals surface area contributed by atoms with Crippen LogP contribution in [-0.4, -0.2) is 79.7 Å². The number of hydrogen-bond acceptors (Lipinski definition) is 7. The van der Waals surface area contributed by atoms with Gasteiger partial charge in [-0.25, -0.2) is 0 Å². The van der Waals surface area contributed by atoms with Gasteiger partial charge in [0.2, 0.25) is 24.6 Å². The van der Waals surface area contributed by atoms with Gasteiger partial charge in [0.05, 0.1) is 24.7 Å². The van der Waals surface area contributed by atoms with E-state index in [-0.39, 0.29) is 59.4 Å². The van der Waals surface area contributed by atoms with Gasteiger partial charge in [-0.05, 0) is 123 Å². The lowest BCUT2D eigenvalue weighted by Gasteiger charge is -2.32. The Morgan fingerprint density at radius 1 is 0.864 bits per heavy atom. The van der Waals surface area contributed by atoms with Crippen LogP contribution in [0.2, 0.25) is 0 Å². The van der Waals surface area contributed by atoms with Crippen LogP contribution < -0.4 is 31.9 Å². The van der Waals surface area contributed by atoms with Crippen molar-refractivity contribution >= 4 is 30.5 Å². The zero-order chi connectivity index (χ0) is 42.5. The van der Waals surface area contributed by atoms with Crippen molar-refractivity contribution in [2.45, 2.75) is 129 Å². The Bertz CT molecular complexity index is 1910. The van der Waals surface area contributed by atoms with Gasteiger partial charge in [-0.3, -0.25) is 24.0 Å². The van der Waals surface area contributed by atoms with Gasteiger partial charge in [0, 0.05) is 36.8 Å². The molecule has 6 N–H and O–H groups in total. The fourth-order valence-corrected chi connectivity index (χ4v) is 8.21. The van der Waals surface area contributed by atoms with E-state index < -0.39 is 0 Å². The lowest BCUT2D eigenvalue weighted by Crippen LogP contribution is -2.44. The maximum absolute atomic E-state index is 13.0. The standard InChI is InChI=1S/C27H32N4O3.C11H13NO.C9H20N2O/c1-17-11-19-9-10-20(12-21(19)15-31(17)16-32)26(33)29-22-13-25(28-14-22)27(34)30-24-8-4-6-18-5-2-3-7-23(18)24;13-8-12-11-7-3-5-9-4-1-2-6-10(9)11;1-7(9(2,3)4)11-8(12)6-10-5/h2-3,5,7,9-10,12,16-17,22,24-25,28H,4,6,8,11,13-15H2,1H3,(H,29,33)(H,30,34);1-2,4,6,8,11H,3,5,7H2,(H,12,13);7,10H,6H2,1-5H3,(H,11,12)/t17?,22?,24?,25-;;/m0../s1. The summed E-state index contributed by atoms with van der Waals surface area (Å²) < 4.78 is 0. The summed E-state index contributed by atoms with van der Waals surface area (Å²) in [5.41, 5.74) is 8.14. The first-order valence-corrected chi connectivity index (χ1v) is 21.3. The second-order valence-corrected chi connectivity index (χ2v) is 17.4. The van der Waals surface area contributed by atoms with Crippen molar-refractivity contribution in [3.05, 3.63) is 106 Å². The first-order valence-electron chi connectivity index (χ1n) is 21.3. The van der Waals surface area contributed by atoms with E-state index in [9.17, 15) is 24.0 Å². The van der Waals surface area contributed by atoms with E-state index in [0.29, 0.717) is 31.6 Å². The molecule has 0 spiro atoms. The summed E-state index contributed by atoms with van der Waals surface area (Å²) in [6, 6.07) is 22.7. The van der Waals surface area contributed by atoms with Gasteiger partial charge < -0.3 is 36.8 Å². The van der Waals surface area contributed by atoms with Crippen LogP contribution in [-0.2, 0) is 45.0 Å². The molecule has 2 heterocycles. The topological polar surface area (TPSA) is 161 Å². The highest BCUT2D eigenvalue weighted by Gasteiger charge is 2.33. The maximum Gasteiger partial charge on any atom is 0.251 e. The molecular formula is C47H65N7O5. The average molecular weight is 808 g/mol. The fraction of sp³-hybridized carbons (Fsp3) is 0.511. The number of nitrogens with zero attached hydrogens (tertiary/aromatic N) is 1. The first kappa shape index (κ1) is 45.0. The van der Waals surface area contributed by atoms with Gasteiger partial charge in [0.25, 0.3) is 5.91 Å². The molecule has 1 saturated heterocycles. The Labute approximate surface area is 350 Å². The van der Waals surface area contributed by atoms with E-state index in [2.05, 4.69) is 89.1 Å². The molecule has 0 aromatic heterocycles. The molecule has 59 heavy (non-hydrogen) atoms. The third kappa shape index (κ3) is 12.5. The van der Waals surface area contributed by atoms with E-state index in [4.69, 9.17) is 0 Å². The van der Waals surface area contributed by atoms with Crippen molar-refractivity contribution in [3.63, 3.8) is 0 Å². The van der Waals surface area contributed by atoms with Crippen molar-refractivity contribution in [1.82, 2.24) is 36.8 Å². The minimum absolute atomic E-state index is 0.00435. The SMILES string of the molecule is CC1Cc2ccc(C(=O)NC3CN[C@H](C(=O)NC4CCCc5ccccc54)C3)cc2CN1C=O.CNCC(=O)NC(C)C(C)(C)C.O=CNC1CCCc2ccccc21. The fourth-order valence-electron chi connectivity index (χ4n) is 8.21. The minimum atomic E-state index is -0.314. The van der Waals surface area contributed by atoms with Gasteiger partial charge in [-0.2, -0.15) is 0 Å². The third-order valence-electron chi connectivity index (χ3n) is 12.2. The molecule has 0 saturated carbocycles. The van der Waals surface area contributed by atoms with Crippen LogP contribution in [0.5, 0.6) is 0 Å². The molecule has 2 aliphatic heterocycles. The predicted octanol–water partition coefficient (Wildman–Crippen LogP) is 4.81. The van der Waals surface area contributed by atoms with Crippen LogP contribution in [0.3, 0.4) is 0 Å². The second kappa shape index (κ2) is 21.3. The van der Waals surface area contributed by atoms with Crippen LogP contribution in [0.15, 0.2) is 66.7 Å². The van der Waals surface area contributed by atoms with Crippen LogP contribution in [0.4, 0.5) is 0 Å². The summed E-state index contributed by atoms with van der Waals surface area (Å²) in [7, 11) is 1.77. The highest BCUT2D eigenvalue weighted by molar-refractivity contribution is 5.95. The average Bonchev–Trinajstić information content (AvgIpc) is 3.69. The number of rotatable bonds is 10. The Kier molecular flexibility index (Phi) is 16.2. The lowest BCUT2D eigenvalue weighted by molar-refractivity contribution is -0.124. The lowest BCUT2D eigenvalue weighted by atomic mass is 9.87. The Hall–Kier alpha value is -5.07. The number of benzene rings is 3. The summed E-state index contributed by atoms with van der Waals surface area (Å²) in [5.74, 6) is -0.0941. The van der Waals surface area contributed by atoms with Crippen molar-refractivity contribution in [2.75, 3.05) is 20.1 Å². The molecule has 1 fully saturated rings. The number of likely N-dealkylation sites (N-methyl/N-ethyl adjacent to an activating group) is 1. The number of nitrogens with one attached hydrogen (secondary N) is 6. The molecule has 318 valence electrons. The molecule has 4 aliphatic rings. The molecule has 0 radical (unpaired) electrons. The molecule has 5 amide bonds. The van der Waals surface area contributed by atoms with E-state index in [0.717, 1.165) is 56.9 Å². The number of carbonyl (C=O) groups excluding carboxylic acids is 5. The quantitative estimate of drug-likeness (QED) is 0.161.